The predicted molar refractivity (Wildman–Crippen MR) is 60.1 cm³/mol. The van der Waals surface area contributed by atoms with Gasteiger partial charge in [-0.15, -0.1) is 0 Å². The van der Waals surface area contributed by atoms with E-state index in [4.69, 9.17) is 0 Å². The van der Waals surface area contributed by atoms with Gasteiger partial charge < -0.3 is 10.2 Å². The van der Waals surface area contributed by atoms with Crippen LogP contribution >= 0.6 is 0 Å². The van der Waals surface area contributed by atoms with Crippen LogP contribution < -0.4 is 5.32 Å². The summed E-state index contributed by atoms with van der Waals surface area (Å²) >= 11 is 0. The lowest BCUT2D eigenvalue weighted by Gasteiger charge is -2.17. The molecule has 0 rings (SSSR count). The Labute approximate surface area is 83.0 Å². The number of nitrogens with one attached hydrogen (secondary N) is 1. The van der Waals surface area contributed by atoms with Gasteiger partial charge >= 0.3 is 0 Å². The van der Waals surface area contributed by atoms with Gasteiger partial charge in [-0.1, -0.05) is 25.5 Å². The molecule has 2 nitrogen and oxygen atoms in total. The van der Waals surface area contributed by atoms with Crippen molar-refractivity contribution in [3.8, 4) is 0 Å². The quantitative estimate of drug-likeness (QED) is 0.480. The van der Waals surface area contributed by atoms with Crippen molar-refractivity contribution in [2.24, 2.45) is 0 Å². The van der Waals surface area contributed by atoms with Crippen LogP contribution in [0, 0.1) is 0 Å². The minimum absolute atomic E-state index is 1.07. The molecule has 13 heavy (non-hydrogen) atoms. The van der Waals surface area contributed by atoms with E-state index in [2.05, 4.69) is 44.1 Å². The van der Waals surface area contributed by atoms with Crippen LogP contribution in [-0.2, 0) is 0 Å². The molecule has 78 valence electrons. The first-order valence-electron chi connectivity index (χ1n) is 5.27. The number of likely N-dealkylation sites (N-methyl/N-ethyl adjacent to an activating group) is 2. The van der Waals surface area contributed by atoms with Crippen LogP contribution in [0.25, 0.3) is 0 Å². The lowest BCUT2D eigenvalue weighted by molar-refractivity contribution is 0.356. The Morgan fingerprint density at radius 2 is 2.08 bits per heavy atom. The summed E-state index contributed by atoms with van der Waals surface area (Å²) in [5.74, 6) is 0. The van der Waals surface area contributed by atoms with Crippen molar-refractivity contribution in [2.45, 2.75) is 27.2 Å². The Hall–Kier alpha value is -0.340. The molecule has 0 aliphatic heterocycles. The van der Waals surface area contributed by atoms with E-state index < -0.39 is 0 Å². The highest BCUT2D eigenvalue weighted by Crippen LogP contribution is 2.01. The molecule has 0 aromatic carbocycles. The molecule has 0 aromatic heterocycles. The van der Waals surface area contributed by atoms with Crippen LogP contribution in [0.3, 0.4) is 0 Å². The van der Waals surface area contributed by atoms with Crippen molar-refractivity contribution in [3.05, 3.63) is 11.6 Å². The Morgan fingerprint density at radius 3 is 2.54 bits per heavy atom. The molecule has 0 fully saturated rings. The summed E-state index contributed by atoms with van der Waals surface area (Å²) in [5.41, 5.74) is 1.53. The maximum absolute atomic E-state index is 3.33. The molecule has 0 atom stereocenters. The van der Waals surface area contributed by atoms with Crippen molar-refractivity contribution in [3.63, 3.8) is 0 Å². The third kappa shape index (κ3) is 6.79. The minimum Gasteiger partial charge on any atom is -0.316 e. The largest absolute Gasteiger partial charge is 0.316 e. The maximum Gasteiger partial charge on any atom is 0.0190 e. The predicted octanol–water partition coefficient (Wildman–Crippen LogP) is 1.88. The Bertz CT molecular complexity index is 141. The highest BCUT2D eigenvalue weighted by atomic mass is 15.1. The van der Waals surface area contributed by atoms with Crippen molar-refractivity contribution in [2.75, 3.05) is 33.2 Å². The lowest BCUT2D eigenvalue weighted by atomic mass is 10.2. The summed E-state index contributed by atoms with van der Waals surface area (Å²) < 4.78 is 0. The van der Waals surface area contributed by atoms with E-state index in [1.54, 1.807) is 0 Å². The Morgan fingerprint density at radius 1 is 1.38 bits per heavy atom. The molecule has 0 aliphatic rings. The molecule has 0 aliphatic carbocycles. The van der Waals surface area contributed by atoms with Crippen LogP contribution in [0.2, 0.25) is 0 Å². The van der Waals surface area contributed by atoms with Gasteiger partial charge in [0.2, 0.25) is 0 Å². The summed E-state index contributed by atoms with van der Waals surface area (Å²) in [6.45, 7) is 10.9. The second-order valence-electron chi connectivity index (χ2n) is 3.39. The number of hydrogen-bond donors (Lipinski definition) is 1. The Balaban J connectivity index is 3.54. The van der Waals surface area contributed by atoms with Crippen molar-refractivity contribution >= 4 is 0 Å². The van der Waals surface area contributed by atoms with Crippen LogP contribution in [0.4, 0.5) is 0 Å². The van der Waals surface area contributed by atoms with Gasteiger partial charge in [-0.25, -0.2) is 0 Å². The molecular weight excluding hydrogens is 160 g/mol. The summed E-state index contributed by atoms with van der Waals surface area (Å²) in [7, 11) is 2.18. The molecular formula is C11H24N2. The van der Waals surface area contributed by atoms with Crippen LogP contribution in [-0.4, -0.2) is 38.1 Å². The average Bonchev–Trinajstić information content (AvgIpc) is 2.14. The van der Waals surface area contributed by atoms with Crippen molar-refractivity contribution in [1.29, 1.82) is 0 Å². The fourth-order valence-corrected chi connectivity index (χ4v) is 1.28. The van der Waals surface area contributed by atoms with Crippen molar-refractivity contribution in [1.82, 2.24) is 10.2 Å². The zero-order chi connectivity index (χ0) is 10.1. The molecule has 0 aromatic rings. The summed E-state index contributed by atoms with van der Waals surface area (Å²) in [6.07, 6.45) is 3.39. The van der Waals surface area contributed by atoms with E-state index >= 15 is 0 Å². The Kier molecular flexibility index (Phi) is 8.05. The van der Waals surface area contributed by atoms with Crippen LogP contribution in [0.1, 0.15) is 27.2 Å². The molecule has 0 unspecified atom stereocenters. The SMILES string of the molecule is C/C=C(\CC)CN(C)CCNCC. The monoisotopic (exact) mass is 184 g/mol. The van der Waals surface area contributed by atoms with Crippen molar-refractivity contribution < 1.29 is 0 Å². The summed E-state index contributed by atoms with van der Waals surface area (Å²) in [6, 6.07) is 0. The molecule has 0 saturated carbocycles. The van der Waals surface area contributed by atoms with Gasteiger partial charge in [-0.2, -0.15) is 0 Å². The third-order valence-corrected chi connectivity index (χ3v) is 2.26. The molecule has 0 saturated heterocycles. The average molecular weight is 184 g/mol. The molecule has 0 radical (unpaired) electrons. The normalized spacial score (nSPS) is 12.5. The maximum atomic E-state index is 3.33. The van der Waals surface area contributed by atoms with E-state index in [0.29, 0.717) is 0 Å². The molecule has 0 heterocycles. The number of nitrogens with zero attached hydrogens (tertiary/aromatic N) is 1. The molecule has 2 heteroatoms. The van der Waals surface area contributed by atoms with Crippen LogP contribution in [0.5, 0.6) is 0 Å². The highest BCUT2D eigenvalue weighted by Gasteiger charge is 1.99. The topological polar surface area (TPSA) is 15.3 Å². The van der Waals surface area contributed by atoms with Gasteiger partial charge in [0, 0.05) is 19.6 Å². The first kappa shape index (κ1) is 12.7. The van der Waals surface area contributed by atoms with E-state index in [1.165, 1.54) is 12.0 Å². The van der Waals surface area contributed by atoms with Gasteiger partial charge in [0.25, 0.3) is 0 Å². The third-order valence-electron chi connectivity index (χ3n) is 2.26. The van der Waals surface area contributed by atoms with Gasteiger partial charge in [-0.05, 0) is 26.9 Å². The second kappa shape index (κ2) is 8.27. The van der Waals surface area contributed by atoms with E-state index in [1.807, 2.05) is 0 Å². The number of hydrogen-bond acceptors (Lipinski definition) is 2. The van der Waals surface area contributed by atoms with Crippen LogP contribution in [0.15, 0.2) is 11.6 Å². The number of rotatable bonds is 7. The van der Waals surface area contributed by atoms with Gasteiger partial charge in [0.15, 0.2) is 0 Å². The lowest BCUT2D eigenvalue weighted by Crippen LogP contribution is -2.30. The molecule has 0 spiro atoms. The minimum atomic E-state index is 1.07. The van der Waals surface area contributed by atoms with Gasteiger partial charge in [0.1, 0.15) is 0 Å². The highest BCUT2D eigenvalue weighted by molar-refractivity contribution is 5.01. The fourth-order valence-electron chi connectivity index (χ4n) is 1.28. The van der Waals surface area contributed by atoms with Gasteiger partial charge in [-0.3, -0.25) is 0 Å². The van der Waals surface area contributed by atoms with E-state index in [9.17, 15) is 0 Å². The second-order valence-corrected chi connectivity index (χ2v) is 3.39. The molecule has 0 bridgehead atoms. The fraction of sp³-hybridized carbons (Fsp3) is 0.818. The standard InChI is InChI=1S/C11H24N2/c1-5-11(6-2)10-13(4)9-8-12-7-3/h5,12H,6-10H2,1-4H3/b11-5+. The molecule has 1 N–H and O–H groups in total. The van der Waals surface area contributed by atoms with E-state index in [-0.39, 0.29) is 0 Å². The first-order chi connectivity index (χ1) is 6.24. The van der Waals surface area contributed by atoms with Gasteiger partial charge in [0.05, 0.1) is 0 Å². The zero-order valence-electron chi connectivity index (χ0n) is 9.56. The summed E-state index contributed by atoms with van der Waals surface area (Å²) in [5, 5.41) is 3.33. The number of allylic oxidation sites excluding steroid dienone is 1. The smallest absolute Gasteiger partial charge is 0.0190 e. The van der Waals surface area contributed by atoms with E-state index in [0.717, 1.165) is 26.2 Å². The zero-order valence-corrected chi connectivity index (χ0v) is 9.56. The first-order valence-corrected chi connectivity index (χ1v) is 5.27. The summed E-state index contributed by atoms with van der Waals surface area (Å²) in [4.78, 5) is 2.36. The molecule has 0 amide bonds.